The number of hydrogen-bond donors (Lipinski definition) is 1. The molecule has 2 nitrogen and oxygen atoms in total. The summed E-state index contributed by atoms with van der Waals surface area (Å²) in [6.07, 6.45) is -3.89. The van der Waals surface area contributed by atoms with Crippen LogP contribution in [0.3, 0.4) is 0 Å². The summed E-state index contributed by atoms with van der Waals surface area (Å²) in [4.78, 5) is 5.43. The average Bonchev–Trinajstić information content (AvgIpc) is 2.88. The van der Waals surface area contributed by atoms with Crippen LogP contribution in [-0.4, -0.2) is 4.98 Å². The van der Waals surface area contributed by atoms with Crippen LogP contribution < -0.4 is 5.32 Å². The lowest BCUT2D eigenvalue weighted by Gasteiger charge is -2.08. The zero-order chi connectivity index (χ0) is 18.0. The molecule has 0 amide bonds. The molecule has 0 spiro atoms. The predicted molar refractivity (Wildman–Crippen MR) is 95.6 cm³/mol. The number of hydrogen-bond acceptors (Lipinski definition) is 3. The standard InChI is InChI=1S/C19H17F3N2S/c1-12-6-8-16(9-7-12)24-18-23-13(2)17(25-18)11-14-4-3-5-15(10-14)19(20,21)22/h3-10H,11H2,1-2H3,(H,23,24). The summed E-state index contributed by atoms with van der Waals surface area (Å²) in [5.74, 6) is 0. The van der Waals surface area contributed by atoms with Crippen molar-refractivity contribution in [2.24, 2.45) is 0 Å². The topological polar surface area (TPSA) is 24.9 Å². The molecular formula is C19H17F3N2S. The third-order valence-corrected chi connectivity index (χ3v) is 4.89. The number of aryl methyl sites for hydroxylation is 2. The minimum Gasteiger partial charge on any atom is -0.332 e. The molecular weight excluding hydrogens is 345 g/mol. The highest BCUT2D eigenvalue weighted by Crippen LogP contribution is 2.32. The van der Waals surface area contributed by atoms with Crippen LogP contribution in [0.25, 0.3) is 0 Å². The van der Waals surface area contributed by atoms with Gasteiger partial charge in [0.25, 0.3) is 0 Å². The second-order valence-corrected chi connectivity index (χ2v) is 6.98. The molecule has 0 aliphatic carbocycles. The fourth-order valence-corrected chi connectivity index (χ4v) is 3.47. The van der Waals surface area contributed by atoms with Crippen LogP contribution in [0.2, 0.25) is 0 Å². The lowest BCUT2D eigenvalue weighted by atomic mass is 10.1. The van der Waals surface area contributed by atoms with Crippen LogP contribution >= 0.6 is 11.3 Å². The molecule has 0 unspecified atom stereocenters. The van der Waals surface area contributed by atoms with Crippen molar-refractivity contribution in [3.8, 4) is 0 Å². The number of nitrogens with zero attached hydrogens (tertiary/aromatic N) is 1. The first-order valence-corrected chi connectivity index (χ1v) is 8.59. The van der Waals surface area contributed by atoms with Gasteiger partial charge in [0.05, 0.1) is 11.3 Å². The fraction of sp³-hybridized carbons (Fsp3) is 0.211. The summed E-state index contributed by atoms with van der Waals surface area (Å²) in [6.45, 7) is 3.89. The van der Waals surface area contributed by atoms with Crippen molar-refractivity contribution in [3.63, 3.8) is 0 Å². The van der Waals surface area contributed by atoms with Crippen molar-refractivity contribution in [1.82, 2.24) is 4.98 Å². The first-order valence-electron chi connectivity index (χ1n) is 7.77. The minimum absolute atomic E-state index is 0.434. The second-order valence-electron chi connectivity index (χ2n) is 5.89. The van der Waals surface area contributed by atoms with Crippen LogP contribution in [-0.2, 0) is 12.6 Å². The van der Waals surface area contributed by atoms with E-state index in [1.807, 2.05) is 38.1 Å². The molecule has 1 heterocycles. The van der Waals surface area contributed by atoms with Gasteiger partial charge in [0, 0.05) is 17.0 Å². The summed E-state index contributed by atoms with van der Waals surface area (Å²) in [7, 11) is 0. The average molecular weight is 362 g/mol. The van der Waals surface area contributed by atoms with Gasteiger partial charge in [0.15, 0.2) is 5.13 Å². The molecule has 0 radical (unpaired) electrons. The van der Waals surface area contributed by atoms with Gasteiger partial charge in [-0.05, 0) is 37.6 Å². The summed E-state index contributed by atoms with van der Waals surface area (Å²) < 4.78 is 38.5. The molecule has 6 heteroatoms. The van der Waals surface area contributed by atoms with Gasteiger partial charge in [-0.3, -0.25) is 0 Å². The van der Waals surface area contributed by atoms with Gasteiger partial charge in [-0.2, -0.15) is 13.2 Å². The molecule has 25 heavy (non-hydrogen) atoms. The van der Waals surface area contributed by atoms with Gasteiger partial charge in [0.2, 0.25) is 0 Å². The zero-order valence-corrected chi connectivity index (χ0v) is 14.6. The quantitative estimate of drug-likeness (QED) is 0.605. The number of benzene rings is 2. The van der Waals surface area contributed by atoms with E-state index in [9.17, 15) is 13.2 Å². The Balaban J connectivity index is 1.78. The molecule has 0 fully saturated rings. The number of nitrogens with one attached hydrogen (secondary N) is 1. The van der Waals surface area contributed by atoms with Crippen LogP contribution in [0.1, 0.15) is 27.3 Å². The number of anilines is 2. The maximum atomic E-state index is 12.8. The Morgan fingerprint density at radius 3 is 2.44 bits per heavy atom. The molecule has 0 saturated carbocycles. The van der Waals surface area contributed by atoms with E-state index < -0.39 is 11.7 Å². The Bertz CT molecular complexity index is 867. The van der Waals surface area contributed by atoms with Gasteiger partial charge in [-0.25, -0.2) is 4.98 Å². The second kappa shape index (κ2) is 6.88. The van der Waals surface area contributed by atoms with E-state index >= 15 is 0 Å². The molecule has 130 valence electrons. The van der Waals surface area contributed by atoms with E-state index in [1.54, 1.807) is 6.07 Å². The Morgan fingerprint density at radius 1 is 1.04 bits per heavy atom. The number of halogens is 3. The largest absolute Gasteiger partial charge is 0.416 e. The van der Waals surface area contributed by atoms with Crippen LogP contribution in [0, 0.1) is 13.8 Å². The van der Waals surface area contributed by atoms with Gasteiger partial charge >= 0.3 is 6.18 Å². The number of rotatable bonds is 4. The van der Waals surface area contributed by atoms with Crippen LogP contribution in [0.4, 0.5) is 24.0 Å². The predicted octanol–water partition coefficient (Wildman–Crippen LogP) is 6.11. The van der Waals surface area contributed by atoms with Crippen LogP contribution in [0.5, 0.6) is 0 Å². The first-order chi connectivity index (χ1) is 11.8. The SMILES string of the molecule is Cc1ccc(Nc2nc(C)c(Cc3cccc(C(F)(F)F)c3)s2)cc1. The maximum Gasteiger partial charge on any atom is 0.416 e. The van der Waals surface area contributed by atoms with Crippen LogP contribution in [0.15, 0.2) is 48.5 Å². The van der Waals surface area contributed by atoms with Crippen molar-refractivity contribution in [1.29, 1.82) is 0 Å². The lowest BCUT2D eigenvalue weighted by Crippen LogP contribution is -2.05. The smallest absolute Gasteiger partial charge is 0.332 e. The Hall–Kier alpha value is -2.34. The lowest BCUT2D eigenvalue weighted by molar-refractivity contribution is -0.137. The van der Waals surface area contributed by atoms with Crippen molar-refractivity contribution < 1.29 is 13.2 Å². The van der Waals surface area contributed by atoms with E-state index in [-0.39, 0.29) is 0 Å². The van der Waals surface area contributed by atoms with E-state index in [1.165, 1.54) is 29.0 Å². The normalized spacial score (nSPS) is 11.6. The molecule has 0 bridgehead atoms. The summed E-state index contributed by atoms with van der Waals surface area (Å²) >= 11 is 1.46. The third kappa shape index (κ3) is 4.39. The molecule has 3 aromatic rings. The van der Waals surface area contributed by atoms with Crippen molar-refractivity contribution in [2.75, 3.05) is 5.32 Å². The maximum absolute atomic E-state index is 12.8. The molecule has 2 aromatic carbocycles. The van der Waals surface area contributed by atoms with Gasteiger partial charge < -0.3 is 5.32 Å². The fourth-order valence-electron chi connectivity index (χ4n) is 2.45. The summed E-state index contributed by atoms with van der Waals surface area (Å²) in [5, 5.41) is 3.98. The summed E-state index contributed by atoms with van der Waals surface area (Å²) in [5.41, 5.74) is 2.95. The highest BCUT2D eigenvalue weighted by molar-refractivity contribution is 7.15. The number of aromatic nitrogens is 1. The van der Waals surface area contributed by atoms with E-state index in [4.69, 9.17) is 0 Å². The molecule has 0 atom stereocenters. The highest BCUT2D eigenvalue weighted by Gasteiger charge is 2.30. The molecule has 3 rings (SSSR count). The summed E-state index contributed by atoms with van der Waals surface area (Å²) in [6, 6.07) is 13.4. The number of alkyl halides is 3. The molecule has 0 aliphatic rings. The zero-order valence-electron chi connectivity index (χ0n) is 13.8. The van der Waals surface area contributed by atoms with Crippen molar-refractivity contribution >= 4 is 22.2 Å². The van der Waals surface area contributed by atoms with E-state index in [0.29, 0.717) is 12.0 Å². The first kappa shape index (κ1) is 17.5. The van der Waals surface area contributed by atoms with Crippen molar-refractivity contribution in [2.45, 2.75) is 26.4 Å². The van der Waals surface area contributed by atoms with E-state index in [2.05, 4.69) is 10.3 Å². The molecule has 0 aliphatic heterocycles. The van der Waals surface area contributed by atoms with Gasteiger partial charge in [0.1, 0.15) is 0 Å². The number of thiazole rings is 1. The highest BCUT2D eigenvalue weighted by atomic mass is 32.1. The van der Waals surface area contributed by atoms with Gasteiger partial charge in [-0.1, -0.05) is 35.9 Å². The van der Waals surface area contributed by atoms with Gasteiger partial charge in [-0.15, -0.1) is 11.3 Å². The Morgan fingerprint density at radius 2 is 1.76 bits per heavy atom. The minimum atomic E-state index is -4.32. The molecule has 0 saturated heterocycles. The Kier molecular flexibility index (Phi) is 4.81. The monoisotopic (exact) mass is 362 g/mol. The molecule has 1 N–H and O–H groups in total. The molecule has 1 aromatic heterocycles. The Labute approximate surface area is 148 Å². The third-order valence-electron chi connectivity index (χ3n) is 3.81. The van der Waals surface area contributed by atoms with E-state index in [0.717, 1.165) is 27.5 Å². The van der Waals surface area contributed by atoms with Crippen molar-refractivity contribution in [3.05, 3.63) is 75.8 Å².